The number of alkyl halides is 3. The zero-order chi connectivity index (χ0) is 22.0. The van der Waals surface area contributed by atoms with Crippen LogP contribution in [0.1, 0.15) is 101 Å². The number of nitrogens with two attached hydrogens (primary N) is 1. The Balaban J connectivity index is 2.20. The lowest BCUT2D eigenvalue weighted by Crippen LogP contribution is -2.47. The molecular formula is C24H37F3N2O. The van der Waals surface area contributed by atoms with E-state index >= 15 is 0 Å². The minimum Gasteiger partial charge on any atom is -0.398 e. The lowest BCUT2D eigenvalue weighted by atomic mass is 9.85. The maximum Gasteiger partial charge on any atom is 0.423 e. The zero-order valence-electron chi connectivity index (χ0n) is 18.5. The number of hydrogen-bond donors (Lipinski definition) is 1. The van der Waals surface area contributed by atoms with Crippen LogP contribution in [0, 0.1) is 0 Å². The molecule has 1 aliphatic carbocycles. The van der Waals surface area contributed by atoms with Gasteiger partial charge in [-0.3, -0.25) is 4.98 Å². The van der Waals surface area contributed by atoms with Gasteiger partial charge in [-0.05, 0) is 25.3 Å². The standard InChI is InChI=1S/C24H37F3N2O/c1-3-5-7-9-10-11-14-19-18-21(28)20-15-13-16-23(22(20)29-19,24(25,26)27)30-17-12-8-6-4-2/h13,15,18H,3-12,14,16-17H2,1-2H3,(H2,28,29). The molecule has 1 aromatic heterocycles. The molecule has 0 radical (unpaired) electrons. The van der Waals surface area contributed by atoms with Crippen LogP contribution < -0.4 is 5.73 Å². The first-order chi connectivity index (χ1) is 14.4. The molecule has 0 amide bonds. The lowest BCUT2D eigenvalue weighted by Gasteiger charge is -2.38. The molecular weight excluding hydrogens is 389 g/mol. The molecule has 0 saturated carbocycles. The molecule has 0 saturated heterocycles. The average molecular weight is 427 g/mol. The third-order valence-electron chi connectivity index (χ3n) is 5.81. The molecule has 0 fully saturated rings. The molecule has 1 heterocycles. The molecule has 6 heteroatoms. The summed E-state index contributed by atoms with van der Waals surface area (Å²) in [5.41, 5.74) is 5.01. The van der Waals surface area contributed by atoms with Crippen LogP contribution >= 0.6 is 0 Å². The number of ether oxygens (including phenoxy) is 1. The number of fused-ring (bicyclic) bond motifs is 1. The number of rotatable bonds is 13. The van der Waals surface area contributed by atoms with Crippen molar-refractivity contribution in [3.05, 3.63) is 29.1 Å². The van der Waals surface area contributed by atoms with E-state index in [2.05, 4.69) is 18.8 Å². The van der Waals surface area contributed by atoms with Crippen molar-refractivity contribution in [2.24, 2.45) is 0 Å². The van der Waals surface area contributed by atoms with Crippen molar-refractivity contribution in [1.82, 2.24) is 4.98 Å². The van der Waals surface area contributed by atoms with E-state index < -0.39 is 11.8 Å². The summed E-state index contributed by atoms with van der Waals surface area (Å²) in [5, 5.41) is 0. The van der Waals surface area contributed by atoms with Crippen molar-refractivity contribution in [1.29, 1.82) is 0 Å². The maximum atomic E-state index is 14.3. The van der Waals surface area contributed by atoms with Gasteiger partial charge in [0.05, 0.1) is 5.69 Å². The molecule has 0 aliphatic heterocycles. The van der Waals surface area contributed by atoms with Gasteiger partial charge in [0.1, 0.15) is 0 Å². The quantitative estimate of drug-likeness (QED) is 0.336. The molecule has 30 heavy (non-hydrogen) atoms. The highest BCUT2D eigenvalue weighted by Gasteiger charge is 2.59. The van der Waals surface area contributed by atoms with Crippen molar-refractivity contribution in [3.63, 3.8) is 0 Å². The van der Waals surface area contributed by atoms with Gasteiger partial charge in [0.2, 0.25) is 5.60 Å². The zero-order valence-corrected chi connectivity index (χ0v) is 18.5. The Bertz CT molecular complexity index is 688. The van der Waals surface area contributed by atoms with Crippen LogP contribution in [0.5, 0.6) is 0 Å². The first-order valence-electron chi connectivity index (χ1n) is 11.5. The highest BCUT2D eigenvalue weighted by Crippen LogP contribution is 2.49. The van der Waals surface area contributed by atoms with Crippen LogP contribution in [-0.2, 0) is 16.8 Å². The molecule has 170 valence electrons. The Morgan fingerprint density at radius 1 is 1.00 bits per heavy atom. The molecule has 0 bridgehead atoms. The number of nitrogen functional groups attached to an aromatic ring is 1. The van der Waals surface area contributed by atoms with Crippen LogP contribution in [0.25, 0.3) is 6.08 Å². The minimum absolute atomic E-state index is 0.0611. The smallest absolute Gasteiger partial charge is 0.398 e. The highest BCUT2D eigenvalue weighted by molar-refractivity contribution is 5.69. The van der Waals surface area contributed by atoms with E-state index in [0.29, 0.717) is 29.8 Å². The summed E-state index contributed by atoms with van der Waals surface area (Å²) in [6.07, 6.45) is 9.17. The van der Waals surface area contributed by atoms with Gasteiger partial charge in [0, 0.05) is 30.0 Å². The van der Waals surface area contributed by atoms with Crippen LogP contribution in [0.4, 0.5) is 18.9 Å². The second kappa shape index (κ2) is 11.7. The van der Waals surface area contributed by atoms with Crippen molar-refractivity contribution < 1.29 is 17.9 Å². The third-order valence-corrected chi connectivity index (χ3v) is 5.81. The van der Waals surface area contributed by atoms with Gasteiger partial charge in [-0.25, -0.2) is 0 Å². The van der Waals surface area contributed by atoms with Gasteiger partial charge >= 0.3 is 6.18 Å². The number of halogens is 3. The van der Waals surface area contributed by atoms with E-state index in [-0.39, 0.29) is 18.7 Å². The van der Waals surface area contributed by atoms with Gasteiger partial charge < -0.3 is 10.5 Å². The summed E-state index contributed by atoms with van der Waals surface area (Å²) >= 11 is 0. The Morgan fingerprint density at radius 3 is 2.30 bits per heavy atom. The fourth-order valence-electron chi connectivity index (χ4n) is 4.00. The van der Waals surface area contributed by atoms with Crippen LogP contribution in [0.3, 0.4) is 0 Å². The number of anilines is 1. The molecule has 1 aromatic rings. The Labute approximate surface area is 179 Å². The number of nitrogens with zero attached hydrogens (tertiary/aromatic N) is 1. The van der Waals surface area contributed by atoms with Crippen molar-refractivity contribution in [2.45, 2.75) is 103 Å². The summed E-state index contributed by atoms with van der Waals surface area (Å²) in [6.45, 7) is 4.31. The summed E-state index contributed by atoms with van der Waals surface area (Å²) < 4.78 is 48.5. The fourth-order valence-corrected chi connectivity index (χ4v) is 4.00. The first kappa shape index (κ1) is 24.7. The van der Waals surface area contributed by atoms with Crippen molar-refractivity contribution in [3.8, 4) is 0 Å². The molecule has 1 unspecified atom stereocenters. The predicted molar refractivity (Wildman–Crippen MR) is 117 cm³/mol. The molecule has 3 nitrogen and oxygen atoms in total. The van der Waals surface area contributed by atoms with Crippen LogP contribution in [0.2, 0.25) is 0 Å². The molecule has 0 spiro atoms. The second-order valence-electron chi connectivity index (χ2n) is 8.32. The average Bonchev–Trinajstić information content (AvgIpc) is 2.70. The van der Waals surface area contributed by atoms with E-state index in [1.54, 1.807) is 12.1 Å². The van der Waals surface area contributed by atoms with Crippen molar-refractivity contribution in [2.75, 3.05) is 12.3 Å². The Hall–Kier alpha value is -1.56. The number of aromatic nitrogens is 1. The highest BCUT2D eigenvalue weighted by atomic mass is 19.4. The van der Waals surface area contributed by atoms with E-state index in [1.807, 2.05) is 0 Å². The van der Waals surface area contributed by atoms with E-state index in [9.17, 15) is 13.2 Å². The second-order valence-corrected chi connectivity index (χ2v) is 8.32. The summed E-state index contributed by atoms with van der Waals surface area (Å²) in [4.78, 5) is 4.47. The molecule has 2 N–H and O–H groups in total. The van der Waals surface area contributed by atoms with Gasteiger partial charge in [-0.15, -0.1) is 0 Å². The molecule has 1 aliphatic rings. The molecule has 1 atom stereocenters. The normalized spacial score (nSPS) is 18.6. The van der Waals surface area contributed by atoms with Crippen LogP contribution in [0.15, 0.2) is 12.1 Å². The summed E-state index contributed by atoms with van der Waals surface area (Å²) in [6, 6.07) is 1.73. The van der Waals surface area contributed by atoms with Crippen molar-refractivity contribution >= 4 is 11.8 Å². The number of pyridine rings is 1. The van der Waals surface area contributed by atoms with E-state index in [4.69, 9.17) is 10.5 Å². The predicted octanol–water partition coefficient (Wildman–Crippen LogP) is 7.34. The van der Waals surface area contributed by atoms with Crippen LogP contribution in [-0.4, -0.2) is 17.8 Å². The Kier molecular flexibility index (Phi) is 9.66. The minimum atomic E-state index is -4.56. The van der Waals surface area contributed by atoms with Gasteiger partial charge in [0.25, 0.3) is 0 Å². The summed E-state index contributed by atoms with van der Waals surface area (Å²) in [7, 11) is 0. The molecule has 2 rings (SSSR count). The van der Waals surface area contributed by atoms with Gasteiger partial charge in [-0.1, -0.05) is 77.4 Å². The SMILES string of the molecule is CCCCCCCCc1cc(N)c2c(n1)C(OCCCCCC)(C(F)(F)F)CC=C2. The fraction of sp³-hybridized carbons (Fsp3) is 0.708. The maximum absolute atomic E-state index is 14.3. The van der Waals surface area contributed by atoms with E-state index in [1.165, 1.54) is 25.3 Å². The number of unbranched alkanes of at least 4 members (excludes halogenated alkanes) is 8. The third kappa shape index (κ3) is 6.22. The number of aryl methyl sites for hydroxylation is 1. The van der Waals surface area contributed by atoms with Gasteiger partial charge in [0.15, 0.2) is 0 Å². The largest absolute Gasteiger partial charge is 0.423 e. The lowest BCUT2D eigenvalue weighted by molar-refractivity contribution is -0.286. The van der Waals surface area contributed by atoms with E-state index in [0.717, 1.165) is 38.5 Å². The van der Waals surface area contributed by atoms with Gasteiger partial charge in [-0.2, -0.15) is 13.2 Å². The monoisotopic (exact) mass is 426 g/mol. The number of hydrogen-bond acceptors (Lipinski definition) is 3. The summed E-state index contributed by atoms with van der Waals surface area (Å²) in [5.74, 6) is 0. The first-order valence-corrected chi connectivity index (χ1v) is 11.5. The topological polar surface area (TPSA) is 48.1 Å². The Morgan fingerprint density at radius 2 is 1.63 bits per heavy atom. The molecule has 0 aromatic carbocycles.